The van der Waals surface area contributed by atoms with E-state index in [1.807, 2.05) is 0 Å². The van der Waals surface area contributed by atoms with Gasteiger partial charge in [-0.25, -0.2) is 4.39 Å². The highest BCUT2D eigenvalue weighted by atomic mass is 35.5. The van der Waals surface area contributed by atoms with E-state index < -0.39 is 5.82 Å². The van der Waals surface area contributed by atoms with Crippen LogP contribution in [0.2, 0.25) is 5.02 Å². The molecule has 0 saturated carbocycles. The van der Waals surface area contributed by atoms with Crippen LogP contribution in [0, 0.1) is 5.82 Å². The summed E-state index contributed by atoms with van der Waals surface area (Å²) in [5.41, 5.74) is 5.56. The molecule has 0 atom stereocenters. The lowest BCUT2D eigenvalue weighted by atomic mass is 10.3. The Bertz CT molecular complexity index is 344. The molecule has 0 aliphatic rings. The molecule has 3 N–H and O–H groups in total. The van der Waals surface area contributed by atoms with Crippen molar-refractivity contribution in [2.45, 2.75) is 6.42 Å². The number of carbonyl (C=O) groups excluding carboxylic acids is 1. The minimum absolute atomic E-state index is 0.0295. The number of halogens is 2. The Hall–Kier alpha value is -1.13. The monoisotopic (exact) mass is 216 g/mol. The van der Waals surface area contributed by atoms with E-state index in [9.17, 15) is 9.18 Å². The molecule has 1 aromatic rings. The lowest BCUT2D eigenvalue weighted by Gasteiger charge is -2.04. The van der Waals surface area contributed by atoms with Gasteiger partial charge in [0.25, 0.3) is 0 Å². The third kappa shape index (κ3) is 2.97. The zero-order valence-corrected chi connectivity index (χ0v) is 8.14. The Morgan fingerprint density at radius 2 is 2.29 bits per heavy atom. The molecule has 3 nitrogen and oxygen atoms in total. The summed E-state index contributed by atoms with van der Waals surface area (Å²) in [5, 5.41) is 2.52. The number of carbonyl (C=O) groups is 1. The van der Waals surface area contributed by atoms with Crippen LogP contribution in [0.1, 0.15) is 6.42 Å². The fraction of sp³-hybridized carbons (Fsp3) is 0.222. The lowest BCUT2D eigenvalue weighted by Crippen LogP contribution is -2.16. The summed E-state index contributed by atoms with van der Waals surface area (Å²) in [5.74, 6) is -0.800. The summed E-state index contributed by atoms with van der Waals surface area (Å²) >= 11 is 5.47. The van der Waals surface area contributed by atoms with Gasteiger partial charge in [0.05, 0.1) is 5.02 Å². The van der Waals surface area contributed by atoms with Crippen molar-refractivity contribution in [1.29, 1.82) is 0 Å². The molecule has 0 aromatic heterocycles. The second-order valence-electron chi connectivity index (χ2n) is 2.72. The maximum Gasteiger partial charge on any atom is 0.225 e. The van der Waals surface area contributed by atoms with E-state index in [1.165, 1.54) is 12.1 Å². The maximum atomic E-state index is 12.9. The molecular formula is C9H10ClFN2O. The summed E-state index contributed by atoms with van der Waals surface area (Å²) in [4.78, 5) is 11.1. The average molecular weight is 217 g/mol. The number of benzene rings is 1. The van der Waals surface area contributed by atoms with Crippen LogP contribution in [0.5, 0.6) is 0 Å². The van der Waals surface area contributed by atoms with Gasteiger partial charge in [-0.1, -0.05) is 11.6 Å². The van der Waals surface area contributed by atoms with E-state index >= 15 is 0 Å². The van der Waals surface area contributed by atoms with Gasteiger partial charge in [-0.15, -0.1) is 0 Å². The van der Waals surface area contributed by atoms with Gasteiger partial charge in [0.2, 0.25) is 5.91 Å². The number of nitrogens with one attached hydrogen (secondary N) is 1. The number of rotatable bonds is 3. The number of nitrogens with two attached hydrogens (primary N) is 1. The number of hydrogen-bond acceptors (Lipinski definition) is 2. The summed E-state index contributed by atoms with van der Waals surface area (Å²) in [6.45, 7) is 0.266. The van der Waals surface area contributed by atoms with Crippen molar-refractivity contribution >= 4 is 23.2 Å². The second-order valence-corrected chi connectivity index (χ2v) is 3.12. The fourth-order valence-corrected chi connectivity index (χ4v) is 1.05. The van der Waals surface area contributed by atoms with Crippen molar-refractivity contribution < 1.29 is 9.18 Å². The minimum atomic E-state index is -0.558. The molecule has 0 unspecified atom stereocenters. The quantitative estimate of drug-likeness (QED) is 0.809. The van der Waals surface area contributed by atoms with Gasteiger partial charge in [0.1, 0.15) is 5.82 Å². The Balaban J connectivity index is 2.68. The van der Waals surface area contributed by atoms with E-state index in [0.29, 0.717) is 5.69 Å². The minimum Gasteiger partial charge on any atom is -0.330 e. The summed E-state index contributed by atoms with van der Waals surface area (Å²) in [6.07, 6.45) is 0.213. The first kappa shape index (κ1) is 10.9. The summed E-state index contributed by atoms with van der Waals surface area (Å²) in [6, 6.07) is 4.07. The molecule has 5 heteroatoms. The van der Waals surface area contributed by atoms with Crippen molar-refractivity contribution in [3.63, 3.8) is 0 Å². The van der Waals surface area contributed by atoms with Gasteiger partial charge in [-0.3, -0.25) is 4.79 Å². The van der Waals surface area contributed by atoms with Crippen LogP contribution in [-0.2, 0) is 4.79 Å². The van der Waals surface area contributed by atoms with Crippen LogP contribution in [0.3, 0.4) is 0 Å². The van der Waals surface area contributed by atoms with Crippen molar-refractivity contribution in [1.82, 2.24) is 0 Å². The van der Waals surface area contributed by atoms with E-state index in [4.69, 9.17) is 17.3 Å². The van der Waals surface area contributed by atoms with Crippen LogP contribution < -0.4 is 11.1 Å². The third-order valence-corrected chi connectivity index (χ3v) is 1.88. The molecular weight excluding hydrogens is 207 g/mol. The Morgan fingerprint density at radius 3 is 2.86 bits per heavy atom. The Labute approximate surface area is 86.0 Å². The first-order valence-electron chi connectivity index (χ1n) is 4.08. The normalized spacial score (nSPS) is 9.93. The zero-order valence-electron chi connectivity index (χ0n) is 7.39. The van der Waals surface area contributed by atoms with Gasteiger partial charge in [0, 0.05) is 18.7 Å². The highest BCUT2D eigenvalue weighted by Crippen LogP contribution is 2.18. The fourth-order valence-electron chi connectivity index (χ4n) is 0.928. The Morgan fingerprint density at radius 1 is 1.57 bits per heavy atom. The van der Waals surface area contributed by atoms with Crippen LogP contribution in [0.25, 0.3) is 0 Å². The smallest absolute Gasteiger partial charge is 0.225 e. The predicted octanol–water partition coefficient (Wildman–Crippen LogP) is 1.77. The molecule has 0 spiro atoms. The summed E-state index contributed by atoms with van der Waals surface area (Å²) in [7, 11) is 0. The molecule has 1 rings (SSSR count). The number of hydrogen-bond donors (Lipinski definition) is 2. The van der Waals surface area contributed by atoms with E-state index in [-0.39, 0.29) is 23.9 Å². The zero-order chi connectivity index (χ0) is 10.6. The third-order valence-electron chi connectivity index (χ3n) is 1.57. The first-order valence-corrected chi connectivity index (χ1v) is 4.46. The highest BCUT2D eigenvalue weighted by Gasteiger charge is 2.03. The second kappa shape index (κ2) is 4.93. The molecule has 0 fully saturated rings. The van der Waals surface area contributed by atoms with Crippen LogP contribution >= 0.6 is 11.6 Å². The van der Waals surface area contributed by atoms with E-state index in [1.54, 1.807) is 0 Å². The molecule has 0 saturated heterocycles. The van der Waals surface area contributed by atoms with Crippen molar-refractivity contribution in [2.24, 2.45) is 5.73 Å². The van der Waals surface area contributed by atoms with Crippen molar-refractivity contribution in [3.8, 4) is 0 Å². The molecule has 0 radical (unpaired) electrons. The van der Waals surface area contributed by atoms with Gasteiger partial charge >= 0.3 is 0 Å². The van der Waals surface area contributed by atoms with Crippen molar-refractivity contribution in [3.05, 3.63) is 29.0 Å². The van der Waals surface area contributed by atoms with Crippen LogP contribution in [0.15, 0.2) is 18.2 Å². The molecule has 1 amide bonds. The number of amides is 1. The molecule has 0 bridgehead atoms. The number of anilines is 1. The largest absolute Gasteiger partial charge is 0.330 e. The topological polar surface area (TPSA) is 55.1 Å². The average Bonchev–Trinajstić information content (AvgIpc) is 2.12. The molecule has 76 valence electrons. The molecule has 0 heterocycles. The van der Waals surface area contributed by atoms with Crippen LogP contribution in [-0.4, -0.2) is 12.5 Å². The predicted molar refractivity (Wildman–Crippen MR) is 53.7 cm³/mol. The SMILES string of the molecule is NCCC(=O)Nc1ccc(Cl)c(F)c1. The van der Waals surface area contributed by atoms with E-state index in [2.05, 4.69) is 5.32 Å². The lowest BCUT2D eigenvalue weighted by molar-refractivity contribution is -0.116. The molecule has 14 heavy (non-hydrogen) atoms. The highest BCUT2D eigenvalue weighted by molar-refractivity contribution is 6.30. The Kier molecular flexibility index (Phi) is 3.85. The van der Waals surface area contributed by atoms with Crippen molar-refractivity contribution in [2.75, 3.05) is 11.9 Å². The van der Waals surface area contributed by atoms with Gasteiger partial charge in [0.15, 0.2) is 0 Å². The van der Waals surface area contributed by atoms with Gasteiger partial charge in [-0.2, -0.15) is 0 Å². The van der Waals surface area contributed by atoms with Crippen LogP contribution in [0.4, 0.5) is 10.1 Å². The summed E-state index contributed by atoms with van der Waals surface area (Å²) < 4.78 is 12.9. The standard InChI is InChI=1S/C9H10ClFN2O/c10-7-2-1-6(5-8(7)11)13-9(14)3-4-12/h1-2,5H,3-4,12H2,(H,13,14). The molecule has 0 aliphatic heterocycles. The molecule has 0 aliphatic carbocycles. The molecule has 1 aromatic carbocycles. The van der Waals surface area contributed by atoms with Gasteiger partial charge in [-0.05, 0) is 18.2 Å². The van der Waals surface area contributed by atoms with E-state index in [0.717, 1.165) is 6.07 Å². The van der Waals surface area contributed by atoms with Gasteiger partial charge < -0.3 is 11.1 Å². The first-order chi connectivity index (χ1) is 6.63. The maximum absolute atomic E-state index is 12.9.